The topological polar surface area (TPSA) is 69.6 Å². The highest BCUT2D eigenvalue weighted by molar-refractivity contribution is 6.07. The fourth-order valence-corrected chi connectivity index (χ4v) is 2.85. The first-order valence-corrected chi connectivity index (χ1v) is 7.55. The zero-order valence-electron chi connectivity index (χ0n) is 13.1. The fraction of sp³-hybridized carbons (Fsp3) is 0.222. The van der Waals surface area contributed by atoms with E-state index in [2.05, 4.69) is 5.32 Å². The number of aliphatic hydroxyl groups is 1. The van der Waals surface area contributed by atoms with Gasteiger partial charge in [-0.25, -0.2) is 9.18 Å². The Labute approximate surface area is 138 Å². The molecule has 1 saturated heterocycles. The first-order valence-electron chi connectivity index (χ1n) is 7.55. The number of halogens is 1. The van der Waals surface area contributed by atoms with Gasteiger partial charge in [-0.05, 0) is 18.6 Å². The quantitative estimate of drug-likeness (QED) is 0.846. The first kappa shape index (κ1) is 16.1. The van der Waals surface area contributed by atoms with Crippen molar-refractivity contribution in [2.45, 2.75) is 18.6 Å². The zero-order valence-corrected chi connectivity index (χ0v) is 13.1. The molecule has 2 atom stereocenters. The minimum atomic E-state index is -1.29. The number of aliphatic hydroxyl groups excluding tert-OH is 1. The SMILES string of the molecule is C[C@@]1(c2ccccc2)NC(=O)N(C[C@H](O)c2ccccc2F)C1=O. The van der Waals surface area contributed by atoms with Crippen LogP contribution in [-0.2, 0) is 10.3 Å². The normalized spacial score (nSPS) is 21.7. The summed E-state index contributed by atoms with van der Waals surface area (Å²) in [6.07, 6.45) is -1.29. The van der Waals surface area contributed by atoms with Crippen LogP contribution in [0, 0.1) is 5.82 Å². The van der Waals surface area contributed by atoms with Crippen molar-refractivity contribution < 1.29 is 19.1 Å². The Morgan fingerprint density at radius 2 is 1.75 bits per heavy atom. The molecule has 0 saturated carbocycles. The predicted molar refractivity (Wildman–Crippen MR) is 85.4 cm³/mol. The van der Waals surface area contributed by atoms with Crippen LogP contribution in [0.25, 0.3) is 0 Å². The molecule has 2 aromatic rings. The van der Waals surface area contributed by atoms with Gasteiger partial charge in [0.25, 0.3) is 5.91 Å². The molecule has 124 valence electrons. The molecule has 0 radical (unpaired) electrons. The second kappa shape index (κ2) is 6.05. The Hall–Kier alpha value is -2.73. The Morgan fingerprint density at radius 1 is 1.12 bits per heavy atom. The molecule has 0 bridgehead atoms. The predicted octanol–water partition coefficient (Wildman–Crippen LogP) is 2.33. The largest absolute Gasteiger partial charge is 0.386 e. The molecule has 24 heavy (non-hydrogen) atoms. The molecule has 5 nitrogen and oxygen atoms in total. The first-order chi connectivity index (χ1) is 11.4. The molecule has 0 aliphatic carbocycles. The lowest BCUT2D eigenvalue weighted by molar-refractivity contribution is -0.132. The van der Waals surface area contributed by atoms with E-state index >= 15 is 0 Å². The number of carbonyl (C=O) groups is 2. The van der Waals surface area contributed by atoms with Crippen LogP contribution < -0.4 is 5.32 Å². The van der Waals surface area contributed by atoms with Crippen LogP contribution in [0.5, 0.6) is 0 Å². The third-order valence-electron chi connectivity index (χ3n) is 4.25. The van der Waals surface area contributed by atoms with Crippen molar-refractivity contribution in [3.63, 3.8) is 0 Å². The van der Waals surface area contributed by atoms with E-state index in [0.29, 0.717) is 5.56 Å². The van der Waals surface area contributed by atoms with Gasteiger partial charge in [-0.1, -0.05) is 48.5 Å². The van der Waals surface area contributed by atoms with Crippen LogP contribution in [0.2, 0.25) is 0 Å². The van der Waals surface area contributed by atoms with E-state index in [1.54, 1.807) is 37.3 Å². The molecule has 0 unspecified atom stereocenters. The Balaban J connectivity index is 1.84. The molecular formula is C18H17FN2O3. The van der Waals surface area contributed by atoms with Crippen molar-refractivity contribution in [2.24, 2.45) is 0 Å². The van der Waals surface area contributed by atoms with E-state index < -0.39 is 29.4 Å². The summed E-state index contributed by atoms with van der Waals surface area (Å²) in [4.78, 5) is 25.9. The van der Waals surface area contributed by atoms with Crippen molar-refractivity contribution in [3.05, 3.63) is 71.5 Å². The number of β-amino-alcohol motifs (C(OH)–C–C–N with tert-alkyl or cyclic N) is 1. The van der Waals surface area contributed by atoms with E-state index in [1.807, 2.05) is 6.07 Å². The fourth-order valence-electron chi connectivity index (χ4n) is 2.85. The van der Waals surface area contributed by atoms with Crippen LogP contribution in [0.15, 0.2) is 54.6 Å². The van der Waals surface area contributed by atoms with E-state index in [9.17, 15) is 19.1 Å². The van der Waals surface area contributed by atoms with Crippen molar-refractivity contribution in [2.75, 3.05) is 6.54 Å². The van der Waals surface area contributed by atoms with E-state index in [0.717, 1.165) is 4.90 Å². The molecule has 3 rings (SSSR count). The average Bonchev–Trinajstić information content (AvgIpc) is 2.80. The highest BCUT2D eigenvalue weighted by atomic mass is 19.1. The number of hydrogen-bond acceptors (Lipinski definition) is 3. The van der Waals surface area contributed by atoms with Crippen LogP contribution in [-0.4, -0.2) is 28.5 Å². The smallest absolute Gasteiger partial charge is 0.325 e. The number of nitrogens with zero attached hydrogens (tertiary/aromatic N) is 1. The van der Waals surface area contributed by atoms with E-state index in [1.165, 1.54) is 18.2 Å². The van der Waals surface area contributed by atoms with E-state index in [-0.39, 0.29) is 12.1 Å². The molecule has 6 heteroatoms. The van der Waals surface area contributed by atoms with Crippen molar-refractivity contribution in [1.29, 1.82) is 0 Å². The zero-order chi connectivity index (χ0) is 17.3. The van der Waals surface area contributed by atoms with Crippen LogP contribution in [0.3, 0.4) is 0 Å². The summed E-state index contributed by atoms with van der Waals surface area (Å²) in [7, 11) is 0. The lowest BCUT2D eigenvalue weighted by Crippen LogP contribution is -2.41. The van der Waals surface area contributed by atoms with Gasteiger partial charge in [0, 0.05) is 5.56 Å². The van der Waals surface area contributed by atoms with Crippen LogP contribution in [0.1, 0.15) is 24.2 Å². The van der Waals surface area contributed by atoms with Gasteiger partial charge < -0.3 is 10.4 Å². The molecule has 1 aliphatic rings. The van der Waals surface area contributed by atoms with Crippen LogP contribution >= 0.6 is 0 Å². The van der Waals surface area contributed by atoms with Gasteiger partial charge in [-0.2, -0.15) is 0 Å². The molecule has 1 fully saturated rings. The Morgan fingerprint density at radius 3 is 2.42 bits per heavy atom. The second-order valence-electron chi connectivity index (χ2n) is 5.87. The summed E-state index contributed by atoms with van der Waals surface area (Å²) >= 11 is 0. The summed E-state index contributed by atoms with van der Waals surface area (Å²) in [5.41, 5.74) is -0.509. The number of urea groups is 1. The summed E-state index contributed by atoms with van der Waals surface area (Å²) < 4.78 is 13.8. The number of imide groups is 1. The monoisotopic (exact) mass is 328 g/mol. The standard InChI is InChI=1S/C18H17FN2O3/c1-18(12-7-3-2-4-8-12)16(23)21(17(24)20-18)11-15(22)13-9-5-6-10-14(13)19/h2-10,15,22H,11H2,1H3,(H,20,24)/t15-,18-/m0/s1. The molecule has 2 N–H and O–H groups in total. The molecule has 2 aromatic carbocycles. The highest BCUT2D eigenvalue weighted by Crippen LogP contribution is 2.30. The molecule has 0 spiro atoms. The summed E-state index contributed by atoms with van der Waals surface area (Å²) in [6, 6.07) is 14.0. The number of amides is 3. The molecule has 3 amide bonds. The van der Waals surface area contributed by atoms with Gasteiger partial charge >= 0.3 is 6.03 Å². The minimum absolute atomic E-state index is 0.0476. The number of benzene rings is 2. The average molecular weight is 328 g/mol. The summed E-state index contributed by atoms with van der Waals surface area (Å²) in [6.45, 7) is 1.30. The second-order valence-corrected chi connectivity index (χ2v) is 5.87. The summed E-state index contributed by atoms with van der Waals surface area (Å²) in [5, 5.41) is 12.9. The third-order valence-corrected chi connectivity index (χ3v) is 4.25. The molecule has 1 heterocycles. The highest BCUT2D eigenvalue weighted by Gasteiger charge is 2.49. The van der Waals surface area contributed by atoms with Gasteiger partial charge in [0.05, 0.1) is 12.6 Å². The lowest BCUT2D eigenvalue weighted by atomic mass is 9.92. The van der Waals surface area contributed by atoms with Crippen molar-refractivity contribution in [1.82, 2.24) is 10.2 Å². The van der Waals surface area contributed by atoms with Gasteiger partial charge in [-0.3, -0.25) is 9.69 Å². The Kier molecular flexibility index (Phi) is 4.07. The lowest BCUT2D eigenvalue weighted by Gasteiger charge is -2.23. The molecule has 1 aliphatic heterocycles. The van der Waals surface area contributed by atoms with Gasteiger partial charge in [0.2, 0.25) is 0 Å². The van der Waals surface area contributed by atoms with Crippen molar-refractivity contribution >= 4 is 11.9 Å². The van der Waals surface area contributed by atoms with Gasteiger partial charge in [-0.15, -0.1) is 0 Å². The maximum absolute atomic E-state index is 13.8. The molecular weight excluding hydrogens is 311 g/mol. The number of carbonyl (C=O) groups excluding carboxylic acids is 2. The van der Waals surface area contributed by atoms with Crippen molar-refractivity contribution in [3.8, 4) is 0 Å². The third kappa shape index (κ3) is 2.65. The van der Waals surface area contributed by atoms with E-state index in [4.69, 9.17) is 0 Å². The maximum Gasteiger partial charge on any atom is 0.325 e. The number of rotatable bonds is 4. The van der Waals surface area contributed by atoms with Crippen LogP contribution in [0.4, 0.5) is 9.18 Å². The summed E-state index contributed by atoms with van der Waals surface area (Å²) in [5.74, 6) is -1.06. The minimum Gasteiger partial charge on any atom is -0.386 e. The number of hydrogen-bond donors (Lipinski definition) is 2. The van der Waals surface area contributed by atoms with Gasteiger partial charge in [0.1, 0.15) is 11.4 Å². The maximum atomic E-state index is 13.8. The Bertz CT molecular complexity index is 781. The number of nitrogens with one attached hydrogen (secondary N) is 1. The molecule has 0 aromatic heterocycles. The van der Waals surface area contributed by atoms with Gasteiger partial charge in [0.15, 0.2) is 0 Å².